The van der Waals surface area contributed by atoms with Gasteiger partial charge >= 0.3 is 6.09 Å². The second-order valence-corrected chi connectivity index (χ2v) is 5.42. The summed E-state index contributed by atoms with van der Waals surface area (Å²) < 4.78 is 5.16. The predicted octanol–water partition coefficient (Wildman–Crippen LogP) is 2.90. The van der Waals surface area contributed by atoms with Crippen molar-refractivity contribution in [3.05, 3.63) is 59.7 Å². The first kappa shape index (κ1) is 15.1. The van der Waals surface area contributed by atoms with Gasteiger partial charge in [0.1, 0.15) is 5.75 Å². The summed E-state index contributed by atoms with van der Waals surface area (Å²) >= 11 is 0. The van der Waals surface area contributed by atoms with E-state index in [0.717, 1.165) is 23.2 Å². The van der Waals surface area contributed by atoms with Crippen molar-refractivity contribution in [3.63, 3.8) is 0 Å². The molecule has 2 aromatic carbocycles. The highest BCUT2D eigenvalue weighted by molar-refractivity contribution is 5.93. The predicted molar refractivity (Wildman–Crippen MR) is 87.6 cm³/mol. The lowest BCUT2D eigenvalue weighted by molar-refractivity contribution is -0.116. The fourth-order valence-corrected chi connectivity index (χ4v) is 2.53. The molecule has 5 nitrogen and oxygen atoms in total. The van der Waals surface area contributed by atoms with Crippen LogP contribution in [0.3, 0.4) is 0 Å². The van der Waals surface area contributed by atoms with Gasteiger partial charge in [0.15, 0.2) is 0 Å². The number of fused-ring (bicyclic) bond motifs is 1. The fraction of sp³-hybridized carbons (Fsp3) is 0.222. The number of carbonyl (C=O) groups is 2. The number of para-hydroxylation sites is 1. The van der Waals surface area contributed by atoms with E-state index in [1.165, 1.54) is 0 Å². The van der Waals surface area contributed by atoms with E-state index >= 15 is 0 Å². The van der Waals surface area contributed by atoms with Gasteiger partial charge in [0, 0.05) is 18.7 Å². The molecule has 0 saturated carbocycles. The van der Waals surface area contributed by atoms with E-state index in [0.29, 0.717) is 25.1 Å². The normalized spacial score (nSPS) is 13.0. The second kappa shape index (κ2) is 6.96. The number of ether oxygens (including phenoxy) is 1. The summed E-state index contributed by atoms with van der Waals surface area (Å²) in [7, 11) is 0. The number of aryl methyl sites for hydroxylation is 1. The number of amides is 2. The largest absolute Gasteiger partial charge is 0.412 e. The van der Waals surface area contributed by atoms with E-state index in [1.54, 1.807) is 12.1 Å². The van der Waals surface area contributed by atoms with Gasteiger partial charge in [-0.05, 0) is 42.2 Å². The molecule has 0 atom stereocenters. The molecule has 1 aliphatic heterocycles. The van der Waals surface area contributed by atoms with Crippen LogP contribution in [0.5, 0.6) is 5.75 Å². The summed E-state index contributed by atoms with van der Waals surface area (Å²) in [6.45, 7) is 0.497. The Hall–Kier alpha value is -2.82. The lowest BCUT2D eigenvalue weighted by Crippen LogP contribution is -2.28. The summed E-state index contributed by atoms with van der Waals surface area (Å²) in [5.74, 6) is 0.588. The van der Waals surface area contributed by atoms with Crippen LogP contribution in [0.1, 0.15) is 17.5 Å². The van der Waals surface area contributed by atoms with Crippen LogP contribution in [0.15, 0.2) is 48.5 Å². The van der Waals surface area contributed by atoms with Crippen LogP contribution < -0.4 is 15.4 Å². The summed E-state index contributed by atoms with van der Waals surface area (Å²) in [4.78, 5) is 23.0. The van der Waals surface area contributed by atoms with Crippen molar-refractivity contribution in [2.45, 2.75) is 19.3 Å². The number of benzene rings is 2. The molecule has 2 amide bonds. The summed E-state index contributed by atoms with van der Waals surface area (Å²) in [6.07, 6.45) is 1.54. The zero-order valence-electron chi connectivity index (χ0n) is 12.7. The van der Waals surface area contributed by atoms with Gasteiger partial charge in [-0.25, -0.2) is 4.79 Å². The molecule has 1 aliphatic rings. The quantitative estimate of drug-likeness (QED) is 0.912. The molecule has 5 heteroatoms. The minimum absolute atomic E-state index is 0.0653. The Morgan fingerprint density at radius 1 is 1.13 bits per heavy atom. The first-order valence-electron chi connectivity index (χ1n) is 7.63. The molecule has 0 radical (unpaired) electrons. The summed E-state index contributed by atoms with van der Waals surface area (Å²) in [5, 5.41) is 5.60. The van der Waals surface area contributed by atoms with Crippen LogP contribution in [0.2, 0.25) is 0 Å². The number of anilines is 1. The molecule has 0 unspecified atom stereocenters. The van der Waals surface area contributed by atoms with Crippen LogP contribution in [0, 0.1) is 0 Å². The fourth-order valence-electron chi connectivity index (χ4n) is 2.53. The highest BCUT2D eigenvalue weighted by atomic mass is 16.5. The Labute approximate surface area is 134 Å². The number of nitrogens with one attached hydrogen (secondary N) is 2. The van der Waals surface area contributed by atoms with Crippen molar-refractivity contribution in [1.82, 2.24) is 5.32 Å². The third-order valence-corrected chi connectivity index (χ3v) is 3.70. The molecule has 0 fully saturated rings. The molecule has 23 heavy (non-hydrogen) atoms. The van der Waals surface area contributed by atoms with E-state index in [1.807, 2.05) is 30.3 Å². The molecule has 0 bridgehead atoms. The lowest BCUT2D eigenvalue weighted by Gasteiger charge is -2.17. The van der Waals surface area contributed by atoms with Crippen molar-refractivity contribution < 1.29 is 14.3 Å². The van der Waals surface area contributed by atoms with Crippen LogP contribution in [0.4, 0.5) is 10.5 Å². The van der Waals surface area contributed by atoms with Gasteiger partial charge in [-0.1, -0.05) is 30.3 Å². The topological polar surface area (TPSA) is 67.4 Å². The molecule has 2 aromatic rings. The maximum absolute atomic E-state index is 11.7. The van der Waals surface area contributed by atoms with Gasteiger partial charge in [-0.2, -0.15) is 0 Å². The Morgan fingerprint density at radius 2 is 1.96 bits per heavy atom. The zero-order valence-corrected chi connectivity index (χ0v) is 12.7. The highest BCUT2D eigenvalue weighted by Gasteiger charge is 2.14. The van der Waals surface area contributed by atoms with E-state index in [2.05, 4.69) is 16.7 Å². The summed E-state index contributed by atoms with van der Waals surface area (Å²) in [5.41, 5.74) is 3.16. The third kappa shape index (κ3) is 4.10. The molecule has 0 aromatic heterocycles. The minimum atomic E-state index is -0.457. The Morgan fingerprint density at radius 3 is 2.78 bits per heavy atom. The van der Waals surface area contributed by atoms with E-state index in [9.17, 15) is 9.59 Å². The van der Waals surface area contributed by atoms with Crippen molar-refractivity contribution >= 4 is 17.7 Å². The van der Waals surface area contributed by atoms with Crippen molar-refractivity contribution in [2.24, 2.45) is 0 Å². The Kier molecular flexibility index (Phi) is 4.57. The third-order valence-electron chi connectivity index (χ3n) is 3.70. The maximum atomic E-state index is 11.7. The van der Waals surface area contributed by atoms with E-state index in [-0.39, 0.29) is 5.91 Å². The first-order valence-corrected chi connectivity index (χ1v) is 7.63. The number of rotatable bonds is 4. The molecule has 0 spiro atoms. The molecule has 1 heterocycles. The van der Waals surface area contributed by atoms with Gasteiger partial charge in [-0.15, -0.1) is 0 Å². The van der Waals surface area contributed by atoms with Crippen LogP contribution >= 0.6 is 0 Å². The monoisotopic (exact) mass is 310 g/mol. The SMILES string of the molecule is O=C1CCc2cc(CCNC(=O)Oc3ccccc3)ccc2N1. The molecule has 0 saturated heterocycles. The van der Waals surface area contributed by atoms with E-state index in [4.69, 9.17) is 4.74 Å². The second-order valence-electron chi connectivity index (χ2n) is 5.42. The van der Waals surface area contributed by atoms with Gasteiger partial charge in [-0.3, -0.25) is 4.79 Å². The van der Waals surface area contributed by atoms with Gasteiger partial charge in [0.2, 0.25) is 5.91 Å². The smallest absolute Gasteiger partial charge is 0.410 e. The number of carbonyl (C=O) groups excluding carboxylic acids is 2. The van der Waals surface area contributed by atoms with Crippen LogP contribution in [-0.2, 0) is 17.6 Å². The molecule has 2 N–H and O–H groups in total. The van der Waals surface area contributed by atoms with E-state index < -0.39 is 6.09 Å². The Balaban J connectivity index is 1.49. The highest BCUT2D eigenvalue weighted by Crippen LogP contribution is 2.23. The average Bonchev–Trinajstić information content (AvgIpc) is 2.56. The average molecular weight is 310 g/mol. The molecule has 118 valence electrons. The number of hydrogen-bond acceptors (Lipinski definition) is 3. The minimum Gasteiger partial charge on any atom is -0.410 e. The Bertz CT molecular complexity index is 713. The van der Waals surface area contributed by atoms with Gasteiger partial charge in [0.05, 0.1) is 0 Å². The zero-order chi connectivity index (χ0) is 16.1. The first-order chi connectivity index (χ1) is 11.2. The molecular weight excluding hydrogens is 292 g/mol. The van der Waals surface area contributed by atoms with Gasteiger partial charge in [0.25, 0.3) is 0 Å². The van der Waals surface area contributed by atoms with Crippen LogP contribution in [0.25, 0.3) is 0 Å². The standard InChI is InChI=1S/C18H18N2O3/c21-17-9-7-14-12-13(6-8-16(14)20-17)10-11-19-18(22)23-15-4-2-1-3-5-15/h1-6,8,12H,7,9-11H2,(H,19,22)(H,20,21). The maximum Gasteiger partial charge on any atom is 0.412 e. The van der Waals surface area contributed by atoms with Crippen molar-refractivity contribution in [1.29, 1.82) is 0 Å². The van der Waals surface area contributed by atoms with Crippen LogP contribution in [-0.4, -0.2) is 18.5 Å². The van der Waals surface area contributed by atoms with Crippen molar-refractivity contribution in [3.8, 4) is 5.75 Å². The molecule has 0 aliphatic carbocycles. The summed E-state index contributed by atoms with van der Waals surface area (Å²) in [6, 6.07) is 14.9. The lowest BCUT2D eigenvalue weighted by atomic mass is 9.99. The molecular formula is C18H18N2O3. The van der Waals surface area contributed by atoms with Crippen molar-refractivity contribution in [2.75, 3.05) is 11.9 Å². The molecule has 3 rings (SSSR count). The van der Waals surface area contributed by atoms with Gasteiger partial charge < -0.3 is 15.4 Å². The number of hydrogen-bond donors (Lipinski definition) is 2.